The van der Waals surface area contributed by atoms with Crippen molar-refractivity contribution in [1.29, 1.82) is 0 Å². The topological polar surface area (TPSA) is 0 Å². The third-order valence-electron chi connectivity index (χ3n) is 1.68. The van der Waals surface area contributed by atoms with Gasteiger partial charge >= 0.3 is 86.1 Å². The first-order valence-electron chi connectivity index (χ1n) is 4.26. The zero-order valence-electron chi connectivity index (χ0n) is 7.29. The van der Waals surface area contributed by atoms with Crippen molar-refractivity contribution in [2.24, 2.45) is 0 Å². The number of hydrogen-bond donors (Lipinski definition) is 0. The van der Waals surface area contributed by atoms with Crippen molar-refractivity contribution in [3.63, 3.8) is 0 Å². The molecule has 0 aliphatic rings. The summed E-state index contributed by atoms with van der Waals surface area (Å²) in [7, 11) is 0. The average molecular weight is 293 g/mol. The SMILES string of the molecule is CCCC[Se](Br)c1ccccc1. The molecule has 0 heterocycles. The van der Waals surface area contributed by atoms with Gasteiger partial charge in [-0.25, -0.2) is 0 Å². The molecule has 0 N–H and O–H groups in total. The second kappa shape index (κ2) is 5.80. The summed E-state index contributed by atoms with van der Waals surface area (Å²) in [6.07, 6.45) is 2.66. The Morgan fingerprint density at radius 2 is 1.92 bits per heavy atom. The predicted molar refractivity (Wildman–Crippen MR) is 60.5 cm³/mol. The van der Waals surface area contributed by atoms with Crippen molar-refractivity contribution in [2.45, 2.75) is 25.1 Å². The molecule has 0 saturated carbocycles. The van der Waals surface area contributed by atoms with Crippen molar-refractivity contribution in [1.82, 2.24) is 0 Å². The van der Waals surface area contributed by atoms with Crippen LogP contribution >= 0.6 is 14.1 Å². The van der Waals surface area contributed by atoms with Crippen LogP contribution in [0.15, 0.2) is 30.3 Å². The summed E-state index contributed by atoms with van der Waals surface area (Å²) in [5.74, 6) is 0. The summed E-state index contributed by atoms with van der Waals surface area (Å²) in [6.45, 7) is 2.25. The zero-order chi connectivity index (χ0) is 8.81. The summed E-state index contributed by atoms with van der Waals surface area (Å²) < 4.78 is 1.52. The molecule has 1 radical (unpaired) electrons. The van der Waals surface area contributed by atoms with Gasteiger partial charge in [0.15, 0.2) is 0 Å². The fourth-order valence-electron chi connectivity index (χ4n) is 0.957. The van der Waals surface area contributed by atoms with E-state index >= 15 is 0 Å². The van der Waals surface area contributed by atoms with E-state index in [0.717, 1.165) is 0 Å². The van der Waals surface area contributed by atoms with Crippen LogP contribution in [0, 0.1) is 0 Å². The van der Waals surface area contributed by atoms with Gasteiger partial charge in [-0.3, -0.25) is 0 Å². The Labute approximate surface area is 85.9 Å². The Morgan fingerprint density at radius 1 is 1.25 bits per heavy atom. The Balaban J connectivity index is 2.48. The molecule has 1 aromatic carbocycles. The molecule has 0 bridgehead atoms. The van der Waals surface area contributed by atoms with E-state index in [-0.39, 0.29) is 0 Å². The summed E-state index contributed by atoms with van der Waals surface area (Å²) in [4.78, 5) is 0. The summed E-state index contributed by atoms with van der Waals surface area (Å²) in [5.41, 5.74) is 0. The van der Waals surface area contributed by atoms with Crippen molar-refractivity contribution >= 4 is 30.7 Å². The van der Waals surface area contributed by atoms with Gasteiger partial charge in [0.2, 0.25) is 0 Å². The van der Waals surface area contributed by atoms with Gasteiger partial charge in [0.1, 0.15) is 0 Å². The van der Waals surface area contributed by atoms with Crippen molar-refractivity contribution in [2.75, 3.05) is 0 Å². The van der Waals surface area contributed by atoms with Crippen LogP contribution in [0.3, 0.4) is 0 Å². The van der Waals surface area contributed by atoms with Crippen LogP contribution in [0.5, 0.6) is 0 Å². The van der Waals surface area contributed by atoms with Crippen LogP contribution in [0.4, 0.5) is 0 Å². The number of benzene rings is 1. The number of halogens is 1. The molecule has 0 saturated heterocycles. The van der Waals surface area contributed by atoms with Gasteiger partial charge in [-0.15, -0.1) is 0 Å². The Morgan fingerprint density at radius 3 is 2.50 bits per heavy atom. The predicted octanol–water partition coefficient (Wildman–Crippen LogP) is 3.08. The molecule has 67 valence electrons. The van der Waals surface area contributed by atoms with E-state index in [0.29, 0.717) is 0 Å². The molecule has 0 atom stereocenters. The maximum atomic E-state index is 3.81. The molecule has 0 fully saturated rings. The third-order valence-corrected chi connectivity index (χ3v) is 8.30. The second-order valence-corrected chi connectivity index (χ2v) is 10.00. The van der Waals surface area contributed by atoms with Crippen LogP contribution in [-0.4, -0.2) is 12.1 Å². The van der Waals surface area contributed by atoms with E-state index in [9.17, 15) is 0 Å². The molecule has 2 heteroatoms. The average Bonchev–Trinajstić information content (AvgIpc) is 2.15. The Bertz CT molecular complexity index is 210. The van der Waals surface area contributed by atoms with Crippen LogP contribution in [-0.2, 0) is 0 Å². The van der Waals surface area contributed by atoms with Crippen molar-refractivity contribution in [3.05, 3.63) is 30.3 Å². The molecule has 0 aromatic heterocycles. The van der Waals surface area contributed by atoms with Gasteiger partial charge < -0.3 is 0 Å². The molecular formula is C10H14BrSe. The van der Waals surface area contributed by atoms with E-state index in [2.05, 4.69) is 51.4 Å². The number of hydrogen-bond acceptors (Lipinski definition) is 0. The van der Waals surface area contributed by atoms with Gasteiger partial charge in [0.25, 0.3) is 0 Å². The summed E-state index contributed by atoms with van der Waals surface area (Å²) in [6, 6.07) is 10.8. The zero-order valence-corrected chi connectivity index (χ0v) is 10.6. The minimum atomic E-state index is -0.635. The van der Waals surface area contributed by atoms with Gasteiger partial charge in [-0.1, -0.05) is 0 Å². The molecule has 1 aromatic rings. The van der Waals surface area contributed by atoms with Gasteiger partial charge in [-0.2, -0.15) is 0 Å². The standard InChI is InChI=1S/C10H14BrSe/c1-2-3-9-12(11)10-7-5-4-6-8-10/h4-8H,2-3,9H2,1H3. The van der Waals surface area contributed by atoms with E-state index in [1.165, 1.54) is 22.6 Å². The monoisotopic (exact) mass is 293 g/mol. The normalized spacial score (nSPS) is 10.6. The van der Waals surface area contributed by atoms with Crippen LogP contribution < -0.4 is 4.46 Å². The maximum absolute atomic E-state index is 3.81. The van der Waals surface area contributed by atoms with Crippen LogP contribution in [0.2, 0.25) is 5.32 Å². The quantitative estimate of drug-likeness (QED) is 0.748. The van der Waals surface area contributed by atoms with Gasteiger partial charge in [-0.05, 0) is 0 Å². The Kier molecular flexibility index (Phi) is 4.97. The van der Waals surface area contributed by atoms with Gasteiger partial charge in [0, 0.05) is 0 Å². The van der Waals surface area contributed by atoms with E-state index in [1.54, 1.807) is 0 Å². The molecule has 0 aliphatic carbocycles. The molecule has 0 spiro atoms. The third kappa shape index (κ3) is 3.30. The fraction of sp³-hybridized carbons (Fsp3) is 0.400. The van der Waals surface area contributed by atoms with E-state index in [1.807, 2.05) is 0 Å². The molecule has 0 nitrogen and oxygen atoms in total. The van der Waals surface area contributed by atoms with Crippen LogP contribution in [0.25, 0.3) is 0 Å². The number of unbranched alkanes of at least 4 members (excludes halogenated alkanes) is 1. The summed E-state index contributed by atoms with van der Waals surface area (Å²) in [5, 5.41) is 1.36. The molecular weight excluding hydrogens is 279 g/mol. The molecule has 0 aliphatic heterocycles. The minimum absolute atomic E-state index is 0.635. The van der Waals surface area contributed by atoms with Gasteiger partial charge in [0.05, 0.1) is 0 Å². The first-order valence-corrected chi connectivity index (χ1v) is 10.3. The summed E-state index contributed by atoms with van der Waals surface area (Å²) >= 11 is 3.18. The second-order valence-electron chi connectivity index (χ2n) is 2.70. The first kappa shape index (κ1) is 10.3. The van der Waals surface area contributed by atoms with Crippen molar-refractivity contribution in [3.8, 4) is 0 Å². The van der Waals surface area contributed by atoms with Crippen molar-refractivity contribution < 1.29 is 0 Å². The Hall–Kier alpha value is 0.219. The molecule has 0 unspecified atom stereocenters. The molecule has 12 heavy (non-hydrogen) atoms. The fourth-order valence-corrected chi connectivity index (χ4v) is 5.85. The molecule has 1 rings (SSSR count). The van der Waals surface area contributed by atoms with Crippen LogP contribution in [0.1, 0.15) is 19.8 Å². The molecule has 0 amide bonds. The first-order chi connectivity index (χ1) is 5.84. The number of rotatable bonds is 4. The van der Waals surface area contributed by atoms with E-state index in [4.69, 9.17) is 0 Å². The van der Waals surface area contributed by atoms with E-state index < -0.39 is 12.1 Å².